The van der Waals surface area contributed by atoms with E-state index >= 15 is 0 Å². The number of nitrogens with zero attached hydrogens (tertiary/aromatic N) is 1. The first-order valence-electron chi connectivity index (χ1n) is 8.33. The summed E-state index contributed by atoms with van der Waals surface area (Å²) >= 11 is 0. The molecule has 136 valence electrons. The minimum Gasteiger partial charge on any atom is -0.462 e. The standard InChI is InChI=1S/C20H22N2O4/c1-4-26-20(25)16-9-11-17(12-10-16)21-19(24)13-22(15(3)23)18-8-6-5-7-14(18)2/h5-12H,4,13H2,1-3H3,(H,21,24). The Morgan fingerprint density at radius 1 is 1.04 bits per heavy atom. The lowest BCUT2D eigenvalue weighted by molar-refractivity contribution is -0.120. The number of anilines is 2. The Balaban J connectivity index is 2.06. The summed E-state index contributed by atoms with van der Waals surface area (Å²) in [5.41, 5.74) is 2.56. The van der Waals surface area contributed by atoms with Gasteiger partial charge in [-0.15, -0.1) is 0 Å². The van der Waals surface area contributed by atoms with Crippen LogP contribution in [0.25, 0.3) is 0 Å². The number of esters is 1. The molecule has 2 rings (SSSR count). The fraction of sp³-hybridized carbons (Fsp3) is 0.250. The Labute approximate surface area is 152 Å². The number of aryl methyl sites for hydroxylation is 1. The van der Waals surface area contributed by atoms with Gasteiger partial charge in [0.05, 0.1) is 12.2 Å². The van der Waals surface area contributed by atoms with Gasteiger partial charge >= 0.3 is 5.97 Å². The molecule has 26 heavy (non-hydrogen) atoms. The first kappa shape index (κ1) is 19.2. The molecular weight excluding hydrogens is 332 g/mol. The Hall–Kier alpha value is -3.15. The van der Waals surface area contributed by atoms with Crippen LogP contribution in [0, 0.1) is 6.92 Å². The summed E-state index contributed by atoms with van der Waals surface area (Å²) < 4.78 is 4.92. The zero-order chi connectivity index (χ0) is 19.1. The SMILES string of the molecule is CCOC(=O)c1ccc(NC(=O)CN(C(C)=O)c2ccccc2C)cc1. The largest absolute Gasteiger partial charge is 0.462 e. The van der Waals surface area contributed by atoms with E-state index in [1.165, 1.54) is 11.8 Å². The summed E-state index contributed by atoms with van der Waals surface area (Å²) in [5.74, 6) is -0.952. The first-order chi connectivity index (χ1) is 12.4. The minimum absolute atomic E-state index is 0.0974. The van der Waals surface area contributed by atoms with E-state index < -0.39 is 5.97 Å². The van der Waals surface area contributed by atoms with Crippen molar-refractivity contribution in [3.05, 3.63) is 59.7 Å². The van der Waals surface area contributed by atoms with Gasteiger partial charge in [-0.25, -0.2) is 4.79 Å². The lowest BCUT2D eigenvalue weighted by atomic mass is 10.1. The number of hydrogen-bond donors (Lipinski definition) is 1. The molecule has 0 heterocycles. The van der Waals surface area contributed by atoms with Crippen molar-refractivity contribution in [3.8, 4) is 0 Å². The van der Waals surface area contributed by atoms with Gasteiger partial charge in [0.1, 0.15) is 6.54 Å². The number of hydrogen-bond acceptors (Lipinski definition) is 4. The molecule has 0 spiro atoms. The van der Waals surface area contributed by atoms with Gasteiger partial charge in [-0.2, -0.15) is 0 Å². The number of para-hydroxylation sites is 1. The molecule has 0 aromatic heterocycles. The van der Waals surface area contributed by atoms with Crippen LogP contribution < -0.4 is 10.2 Å². The zero-order valence-corrected chi connectivity index (χ0v) is 15.1. The van der Waals surface area contributed by atoms with Crippen LogP contribution >= 0.6 is 0 Å². The summed E-state index contributed by atoms with van der Waals surface area (Å²) in [4.78, 5) is 37.4. The predicted octanol–water partition coefficient (Wildman–Crippen LogP) is 3.16. The van der Waals surface area contributed by atoms with Crippen LogP contribution in [-0.2, 0) is 14.3 Å². The van der Waals surface area contributed by atoms with Crippen LogP contribution in [0.5, 0.6) is 0 Å². The molecule has 0 unspecified atom stereocenters. The van der Waals surface area contributed by atoms with Crippen molar-refractivity contribution < 1.29 is 19.1 Å². The maximum Gasteiger partial charge on any atom is 0.338 e. The van der Waals surface area contributed by atoms with Crippen molar-refractivity contribution in [1.29, 1.82) is 0 Å². The number of amides is 2. The van der Waals surface area contributed by atoms with E-state index in [1.807, 2.05) is 25.1 Å². The van der Waals surface area contributed by atoms with Gasteiger partial charge in [0.2, 0.25) is 11.8 Å². The molecule has 0 aliphatic heterocycles. The first-order valence-corrected chi connectivity index (χ1v) is 8.33. The third-order valence-corrected chi connectivity index (χ3v) is 3.77. The molecule has 0 aliphatic rings. The lowest BCUT2D eigenvalue weighted by Crippen LogP contribution is -2.37. The Morgan fingerprint density at radius 3 is 2.27 bits per heavy atom. The smallest absolute Gasteiger partial charge is 0.338 e. The molecule has 0 aliphatic carbocycles. The molecular formula is C20H22N2O4. The summed E-state index contributed by atoms with van der Waals surface area (Å²) in [6.07, 6.45) is 0. The van der Waals surface area contributed by atoms with E-state index in [4.69, 9.17) is 4.74 Å². The van der Waals surface area contributed by atoms with Gasteiger partial charge in [-0.05, 0) is 49.7 Å². The van der Waals surface area contributed by atoms with Crippen molar-refractivity contribution in [3.63, 3.8) is 0 Å². The third kappa shape index (κ3) is 4.92. The zero-order valence-electron chi connectivity index (χ0n) is 15.1. The maximum atomic E-state index is 12.3. The van der Waals surface area contributed by atoms with E-state index in [9.17, 15) is 14.4 Å². The van der Waals surface area contributed by atoms with E-state index in [0.717, 1.165) is 5.56 Å². The normalized spacial score (nSPS) is 10.1. The minimum atomic E-state index is -0.410. The molecule has 2 aromatic rings. The van der Waals surface area contributed by atoms with Gasteiger partial charge < -0.3 is 15.0 Å². The van der Waals surface area contributed by atoms with Gasteiger partial charge in [0.15, 0.2) is 0 Å². The van der Waals surface area contributed by atoms with Crippen LogP contribution in [0.2, 0.25) is 0 Å². The van der Waals surface area contributed by atoms with Gasteiger partial charge in [0, 0.05) is 18.3 Å². The summed E-state index contributed by atoms with van der Waals surface area (Å²) in [6.45, 7) is 5.25. The van der Waals surface area contributed by atoms with Crippen molar-refractivity contribution in [2.75, 3.05) is 23.4 Å². The molecule has 1 N–H and O–H groups in total. The second-order valence-electron chi connectivity index (χ2n) is 5.74. The lowest BCUT2D eigenvalue weighted by Gasteiger charge is -2.22. The average molecular weight is 354 g/mol. The molecule has 0 saturated carbocycles. The molecule has 0 bridgehead atoms. The third-order valence-electron chi connectivity index (χ3n) is 3.77. The summed E-state index contributed by atoms with van der Waals surface area (Å²) in [6, 6.07) is 13.8. The van der Waals surface area contributed by atoms with E-state index in [2.05, 4.69) is 5.32 Å². The van der Waals surface area contributed by atoms with Crippen LogP contribution in [-0.4, -0.2) is 30.9 Å². The molecule has 0 radical (unpaired) electrons. The Bertz CT molecular complexity index is 800. The van der Waals surface area contributed by atoms with E-state index in [-0.39, 0.29) is 18.4 Å². The molecule has 2 aromatic carbocycles. The number of ether oxygens (including phenoxy) is 1. The number of nitrogens with one attached hydrogen (secondary N) is 1. The van der Waals surface area contributed by atoms with Crippen molar-refractivity contribution in [2.24, 2.45) is 0 Å². The quantitative estimate of drug-likeness (QED) is 0.809. The average Bonchev–Trinajstić information content (AvgIpc) is 2.61. The topological polar surface area (TPSA) is 75.7 Å². The molecule has 2 amide bonds. The van der Waals surface area contributed by atoms with Crippen molar-refractivity contribution in [2.45, 2.75) is 20.8 Å². The predicted molar refractivity (Wildman–Crippen MR) is 100 cm³/mol. The summed E-state index contributed by atoms with van der Waals surface area (Å²) in [7, 11) is 0. The van der Waals surface area contributed by atoms with Gasteiger partial charge in [-0.3, -0.25) is 9.59 Å². The Kier molecular flexibility index (Phi) is 6.49. The highest BCUT2D eigenvalue weighted by Crippen LogP contribution is 2.19. The number of carbonyl (C=O) groups is 3. The van der Waals surface area contributed by atoms with Crippen LogP contribution in [0.1, 0.15) is 29.8 Å². The molecule has 0 atom stereocenters. The fourth-order valence-electron chi connectivity index (χ4n) is 2.48. The van der Waals surface area contributed by atoms with Crippen LogP contribution in [0.15, 0.2) is 48.5 Å². The van der Waals surface area contributed by atoms with E-state index in [1.54, 1.807) is 37.3 Å². The van der Waals surface area contributed by atoms with Crippen molar-refractivity contribution in [1.82, 2.24) is 0 Å². The van der Waals surface area contributed by atoms with Crippen LogP contribution in [0.4, 0.5) is 11.4 Å². The molecule has 6 heteroatoms. The second kappa shape index (κ2) is 8.80. The number of carbonyl (C=O) groups excluding carboxylic acids is 3. The Morgan fingerprint density at radius 2 is 1.69 bits per heavy atom. The number of rotatable bonds is 6. The maximum absolute atomic E-state index is 12.3. The molecule has 0 saturated heterocycles. The van der Waals surface area contributed by atoms with Gasteiger partial charge in [0.25, 0.3) is 0 Å². The van der Waals surface area contributed by atoms with Crippen LogP contribution in [0.3, 0.4) is 0 Å². The monoisotopic (exact) mass is 354 g/mol. The molecule has 0 fully saturated rings. The highest BCUT2D eigenvalue weighted by molar-refractivity contribution is 6.02. The highest BCUT2D eigenvalue weighted by Gasteiger charge is 2.17. The summed E-state index contributed by atoms with van der Waals surface area (Å²) in [5, 5.41) is 2.73. The van der Waals surface area contributed by atoms with Gasteiger partial charge in [-0.1, -0.05) is 18.2 Å². The highest BCUT2D eigenvalue weighted by atomic mass is 16.5. The second-order valence-corrected chi connectivity index (χ2v) is 5.74. The van der Waals surface area contributed by atoms with E-state index in [0.29, 0.717) is 23.5 Å². The molecule has 6 nitrogen and oxygen atoms in total. The number of benzene rings is 2. The van der Waals surface area contributed by atoms with Crippen molar-refractivity contribution >= 4 is 29.2 Å². The fourth-order valence-corrected chi connectivity index (χ4v) is 2.48.